The number of hydrogen-bond acceptors (Lipinski definition) is 5. The molecule has 6 nitrogen and oxygen atoms in total. The summed E-state index contributed by atoms with van der Waals surface area (Å²) in [6.45, 7) is 9.95. The van der Waals surface area contributed by atoms with Gasteiger partial charge in [-0.2, -0.15) is 13.2 Å². The standard InChI is InChI=1S/C24H36F3NO5/c1-16(2)19(28-22(30)33-23(3,4)5)14-17-8-9-18(20(29)10-11-24(25,26)27)21(15-17)32-13-7-12-31-6/h8-9,15-16,19H,7,10-14H2,1-6H3,(H,28,30). The molecule has 0 radical (unpaired) electrons. The molecule has 33 heavy (non-hydrogen) atoms. The normalized spacial score (nSPS) is 13.0. The van der Waals surface area contributed by atoms with Crippen molar-refractivity contribution in [1.29, 1.82) is 0 Å². The highest BCUT2D eigenvalue weighted by molar-refractivity contribution is 5.98. The lowest BCUT2D eigenvalue weighted by Crippen LogP contribution is -2.43. The molecule has 0 heterocycles. The van der Waals surface area contributed by atoms with Gasteiger partial charge in [-0.15, -0.1) is 0 Å². The molecule has 1 aromatic carbocycles. The van der Waals surface area contributed by atoms with Crippen LogP contribution in [0.15, 0.2) is 18.2 Å². The second-order valence-electron chi connectivity index (χ2n) is 9.26. The van der Waals surface area contributed by atoms with Crippen LogP contribution in [0, 0.1) is 5.92 Å². The van der Waals surface area contributed by atoms with Crippen molar-refractivity contribution in [3.05, 3.63) is 29.3 Å². The molecular formula is C24H36F3NO5. The van der Waals surface area contributed by atoms with E-state index in [9.17, 15) is 22.8 Å². The molecule has 0 aliphatic carbocycles. The molecule has 9 heteroatoms. The summed E-state index contributed by atoms with van der Waals surface area (Å²) in [5.74, 6) is -0.319. The molecule has 1 unspecified atom stereocenters. The van der Waals surface area contributed by atoms with E-state index >= 15 is 0 Å². The van der Waals surface area contributed by atoms with Crippen LogP contribution in [-0.4, -0.2) is 50.0 Å². The molecule has 1 rings (SSSR count). The average molecular weight is 476 g/mol. The Morgan fingerprint density at radius 2 is 1.76 bits per heavy atom. The summed E-state index contributed by atoms with van der Waals surface area (Å²) in [7, 11) is 1.55. The molecule has 188 valence electrons. The van der Waals surface area contributed by atoms with Crippen LogP contribution < -0.4 is 10.1 Å². The van der Waals surface area contributed by atoms with Gasteiger partial charge in [-0.1, -0.05) is 19.9 Å². The van der Waals surface area contributed by atoms with Crippen LogP contribution in [0.5, 0.6) is 5.75 Å². The van der Waals surface area contributed by atoms with Gasteiger partial charge in [-0.05, 0) is 50.8 Å². The second kappa shape index (κ2) is 12.8. The quantitative estimate of drug-likeness (QED) is 0.309. The molecule has 0 aromatic heterocycles. The van der Waals surface area contributed by atoms with Crippen LogP contribution in [0.1, 0.15) is 69.8 Å². The van der Waals surface area contributed by atoms with Crippen molar-refractivity contribution in [3.8, 4) is 5.75 Å². The molecular weight excluding hydrogens is 439 g/mol. The van der Waals surface area contributed by atoms with Gasteiger partial charge in [0.2, 0.25) is 0 Å². The van der Waals surface area contributed by atoms with Gasteiger partial charge < -0.3 is 19.5 Å². The van der Waals surface area contributed by atoms with E-state index in [0.717, 1.165) is 5.56 Å². The van der Waals surface area contributed by atoms with Crippen LogP contribution in [-0.2, 0) is 15.9 Å². The number of hydrogen-bond donors (Lipinski definition) is 1. The Morgan fingerprint density at radius 1 is 1.09 bits per heavy atom. The van der Waals surface area contributed by atoms with Gasteiger partial charge in [-0.25, -0.2) is 4.79 Å². The molecule has 1 aromatic rings. The number of amides is 1. The zero-order valence-electron chi connectivity index (χ0n) is 20.3. The Kier molecular flexibility index (Phi) is 11.2. The number of benzene rings is 1. The predicted molar refractivity (Wildman–Crippen MR) is 120 cm³/mol. The number of nitrogens with one attached hydrogen (secondary N) is 1. The first-order chi connectivity index (χ1) is 15.2. The summed E-state index contributed by atoms with van der Waals surface area (Å²) in [5.41, 5.74) is 0.258. The number of methoxy groups -OCH3 is 1. The fourth-order valence-electron chi connectivity index (χ4n) is 2.99. The lowest BCUT2D eigenvalue weighted by molar-refractivity contribution is -0.133. The molecule has 1 N–H and O–H groups in total. The van der Waals surface area contributed by atoms with Crippen LogP contribution in [0.4, 0.5) is 18.0 Å². The zero-order chi connectivity index (χ0) is 25.2. The monoisotopic (exact) mass is 475 g/mol. The Morgan fingerprint density at radius 3 is 2.30 bits per heavy atom. The van der Waals surface area contributed by atoms with Gasteiger partial charge in [0.25, 0.3) is 0 Å². The van der Waals surface area contributed by atoms with E-state index < -0.39 is 36.5 Å². The summed E-state index contributed by atoms with van der Waals surface area (Å²) >= 11 is 0. The summed E-state index contributed by atoms with van der Waals surface area (Å²) < 4.78 is 53.8. The van der Waals surface area contributed by atoms with E-state index in [2.05, 4.69) is 5.32 Å². The average Bonchev–Trinajstić information content (AvgIpc) is 2.67. The van der Waals surface area contributed by atoms with Crippen LogP contribution >= 0.6 is 0 Å². The first kappa shape index (κ1) is 28.7. The van der Waals surface area contributed by atoms with E-state index in [4.69, 9.17) is 14.2 Å². The maximum atomic E-state index is 12.6. The molecule has 0 aliphatic heterocycles. The maximum absolute atomic E-state index is 12.6. The lowest BCUT2D eigenvalue weighted by Gasteiger charge is -2.26. The topological polar surface area (TPSA) is 73.9 Å². The van der Waals surface area contributed by atoms with Gasteiger partial charge in [0.05, 0.1) is 18.6 Å². The molecule has 0 saturated carbocycles. The van der Waals surface area contributed by atoms with Crippen LogP contribution in [0.25, 0.3) is 0 Å². The molecule has 0 aliphatic rings. The smallest absolute Gasteiger partial charge is 0.407 e. The number of ether oxygens (including phenoxy) is 3. The highest BCUT2D eigenvalue weighted by atomic mass is 19.4. The fourth-order valence-corrected chi connectivity index (χ4v) is 2.99. The van der Waals surface area contributed by atoms with Crippen molar-refractivity contribution in [2.45, 2.75) is 78.1 Å². The van der Waals surface area contributed by atoms with Crippen molar-refractivity contribution >= 4 is 11.9 Å². The molecule has 1 amide bonds. The Labute approximate surface area is 194 Å². The van der Waals surface area contributed by atoms with Crippen molar-refractivity contribution in [2.24, 2.45) is 5.92 Å². The van der Waals surface area contributed by atoms with E-state index in [0.29, 0.717) is 19.4 Å². The molecule has 0 fully saturated rings. The molecule has 1 atom stereocenters. The van der Waals surface area contributed by atoms with Gasteiger partial charge in [0, 0.05) is 32.6 Å². The highest BCUT2D eigenvalue weighted by Gasteiger charge is 2.29. The highest BCUT2D eigenvalue weighted by Crippen LogP contribution is 2.27. The maximum Gasteiger partial charge on any atom is 0.407 e. The van der Waals surface area contributed by atoms with Gasteiger partial charge in [-0.3, -0.25) is 4.79 Å². The Balaban J connectivity index is 3.04. The summed E-state index contributed by atoms with van der Waals surface area (Å²) in [6, 6.07) is 4.56. The first-order valence-corrected chi connectivity index (χ1v) is 11.1. The van der Waals surface area contributed by atoms with E-state index in [1.54, 1.807) is 40.0 Å². The number of rotatable bonds is 12. The zero-order valence-corrected chi connectivity index (χ0v) is 20.3. The lowest BCUT2D eigenvalue weighted by atomic mass is 9.94. The first-order valence-electron chi connectivity index (χ1n) is 11.1. The minimum atomic E-state index is -4.41. The third-order valence-electron chi connectivity index (χ3n) is 4.69. The fraction of sp³-hybridized carbons (Fsp3) is 0.667. The SMILES string of the molecule is COCCCOc1cc(CC(NC(=O)OC(C)(C)C)C(C)C)ccc1C(=O)CCC(F)(F)F. The number of halogens is 3. The predicted octanol–water partition coefficient (Wildman–Crippen LogP) is 5.72. The van der Waals surface area contributed by atoms with Crippen molar-refractivity contribution in [2.75, 3.05) is 20.3 Å². The largest absolute Gasteiger partial charge is 0.493 e. The van der Waals surface area contributed by atoms with E-state index in [-0.39, 0.29) is 29.9 Å². The molecule has 0 spiro atoms. The minimum Gasteiger partial charge on any atom is -0.493 e. The van der Waals surface area contributed by atoms with Crippen LogP contribution in [0.3, 0.4) is 0 Å². The summed E-state index contributed by atoms with van der Waals surface area (Å²) in [4.78, 5) is 24.7. The molecule has 0 bridgehead atoms. The van der Waals surface area contributed by atoms with Gasteiger partial charge >= 0.3 is 12.3 Å². The summed E-state index contributed by atoms with van der Waals surface area (Å²) in [6.07, 6.45) is -5.78. The van der Waals surface area contributed by atoms with Gasteiger partial charge in [0.15, 0.2) is 5.78 Å². The van der Waals surface area contributed by atoms with Gasteiger partial charge in [0.1, 0.15) is 11.4 Å². The Bertz CT molecular complexity index is 772. The van der Waals surface area contributed by atoms with Crippen molar-refractivity contribution < 1.29 is 37.0 Å². The number of alkyl carbamates (subject to hydrolysis) is 1. The number of carbonyl (C=O) groups excluding carboxylic acids is 2. The Hall–Kier alpha value is -2.29. The number of Topliss-reactive ketones (excluding diaryl/α,β-unsaturated/α-hetero) is 1. The minimum absolute atomic E-state index is 0.0803. The van der Waals surface area contributed by atoms with E-state index in [1.165, 1.54) is 6.07 Å². The third-order valence-corrected chi connectivity index (χ3v) is 4.69. The third kappa shape index (κ3) is 11.9. The number of ketones is 1. The van der Waals surface area contributed by atoms with Crippen molar-refractivity contribution in [3.63, 3.8) is 0 Å². The van der Waals surface area contributed by atoms with Crippen molar-refractivity contribution in [1.82, 2.24) is 5.32 Å². The number of carbonyl (C=O) groups is 2. The van der Waals surface area contributed by atoms with Crippen LogP contribution in [0.2, 0.25) is 0 Å². The number of alkyl halides is 3. The second-order valence-corrected chi connectivity index (χ2v) is 9.26. The van der Waals surface area contributed by atoms with E-state index in [1.807, 2.05) is 13.8 Å². The molecule has 0 saturated heterocycles. The summed E-state index contributed by atoms with van der Waals surface area (Å²) in [5, 5.41) is 2.86.